The van der Waals surface area contributed by atoms with Crippen LogP contribution in [0.5, 0.6) is 11.5 Å². The van der Waals surface area contributed by atoms with E-state index in [1.54, 1.807) is 0 Å². The molecule has 0 fully saturated rings. The average Bonchev–Trinajstić information content (AvgIpc) is 2.67. The summed E-state index contributed by atoms with van der Waals surface area (Å²) in [5.41, 5.74) is 2.96. The molecule has 0 saturated heterocycles. The van der Waals surface area contributed by atoms with Gasteiger partial charge in [0.05, 0.1) is 13.0 Å². The van der Waals surface area contributed by atoms with Gasteiger partial charge in [-0.3, -0.25) is 4.79 Å². The minimum Gasteiger partial charge on any atom is -0.489 e. The molecule has 0 saturated carbocycles. The first-order chi connectivity index (χ1) is 9.02. The Labute approximate surface area is 112 Å². The Bertz CT molecular complexity index is 550. The molecule has 1 aromatic rings. The van der Waals surface area contributed by atoms with E-state index in [2.05, 4.69) is 0 Å². The van der Waals surface area contributed by atoms with E-state index in [4.69, 9.17) is 9.47 Å². The fourth-order valence-corrected chi connectivity index (χ4v) is 3.05. The van der Waals surface area contributed by atoms with Crippen molar-refractivity contribution < 1.29 is 19.4 Å². The van der Waals surface area contributed by atoms with Crippen LogP contribution in [-0.4, -0.2) is 23.8 Å². The van der Waals surface area contributed by atoms with E-state index in [1.807, 2.05) is 26.8 Å². The summed E-state index contributed by atoms with van der Waals surface area (Å²) in [5, 5.41) is 9.52. The third kappa shape index (κ3) is 1.74. The molecule has 0 unspecified atom stereocenters. The Kier molecular flexibility index (Phi) is 2.78. The van der Waals surface area contributed by atoms with Gasteiger partial charge in [0.2, 0.25) is 0 Å². The fourth-order valence-electron chi connectivity index (χ4n) is 3.05. The summed E-state index contributed by atoms with van der Waals surface area (Å²) < 4.78 is 11.2. The molecule has 2 aliphatic heterocycles. The summed E-state index contributed by atoms with van der Waals surface area (Å²) in [4.78, 5) is 11.6. The zero-order valence-corrected chi connectivity index (χ0v) is 11.4. The zero-order valence-electron chi connectivity index (χ0n) is 11.4. The molecule has 4 heteroatoms. The number of rotatable bonds is 1. The number of ether oxygens (including phenoxy) is 2. The van der Waals surface area contributed by atoms with Gasteiger partial charge in [-0.15, -0.1) is 0 Å². The summed E-state index contributed by atoms with van der Waals surface area (Å²) in [5.74, 6) is 1.38. The highest BCUT2D eigenvalue weighted by Gasteiger charge is 2.36. The topological polar surface area (TPSA) is 55.8 Å². The van der Waals surface area contributed by atoms with Crippen molar-refractivity contribution in [1.82, 2.24) is 0 Å². The molecule has 102 valence electrons. The summed E-state index contributed by atoms with van der Waals surface area (Å²) >= 11 is 0. The van der Waals surface area contributed by atoms with Crippen LogP contribution >= 0.6 is 0 Å². The molecule has 0 aliphatic carbocycles. The first-order valence-corrected chi connectivity index (χ1v) is 6.68. The first-order valence-electron chi connectivity index (χ1n) is 6.68. The van der Waals surface area contributed by atoms with Gasteiger partial charge in [-0.2, -0.15) is 0 Å². The van der Waals surface area contributed by atoms with Gasteiger partial charge in [-0.25, -0.2) is 0 Å². The number of carbonyl (C=O) groups is 1. The molecule has 1 aromatic carbocycles. The lowest BCUT2D eigenvalue weighted by atomic mass is 9.87. The number of esters is 1. The van der Waals surface area contributed by atoms with Crippen LogP contribution < -0.4 is 9.47 Å². The van der Waals surface area contributed by atoms with E-state index >= 15 is 0 Å². The molecule has 0 radical (unpaired) electrons. The molecule has 3 atom stereocenters. The van der Waals surface area contributed by atoms with Crippen molar-refractivity contribution in [2.75, 3.05) is 6.61 Å². The van der Waals surface area contributed by atoms with Crippen molar-refractivity contribution in [3.05, 3.63) is 22.8 Å². The zero-order chi connectivity index (χ0) is 13.7. The first kappa shape index (κ1) is 12.5. The van der Waals surface area contributed by atoms with Crippen molar-refractivity contribution in [2.45, 2.75) is 45.1 Å². The van der Waals surface area contributed by atoms with Crippen LogP contribution in [0.3, 0.4) is 0 Å². The largest absolute Gasteiger partial charge is 0.489 e. The number of hydrogen-bond acceptors (Lipinski definition) is 4. The van der Waals surface area contributed by atoms with E-state index in [1.165, 1.54) is 0 Å². The second-order valence-electron chi connectivity index (χ2n) is 5.53. The second-order valence-corrected chi connectivity index (χ2v) is 5.53. The molecule has 4 nitrogen and oxygen atoms in total. The SMILES string of the molecule is Cc1c2c(cc3c1O[C@@H](C)[C@H]3CO)[C@H](C)CC(=O)O2. The van der Waals surface area contributed by atoms with Gasteiger partial charge in [-0.1, -0.05) is 6.92 Å². The third-order valence-corrected chi connectivity index (χ3v) is 4.20. The minimum absolute atomic E-state index is 0.00354. The normalized spacial score (nSPS) is 28.4. The van der Waals surface area contributed by atoms with E-state index in [0.29, 0.717) is 12.2 Å². The summed E-state index contributed by atoms with van der Waals surface area (Å²) in [7, 11) is 0. The maximum atomic E-state index is 11.6. The number of carbonyl (C=O) groups excluding carboxylic acids is 1. The summed E-state index contributed by atoms with van der Waals surface area (Å²) in [6, 6.07) is 2.04. The maximum Gasteiger partial charge on any atom is 0.311 e. The number of fused-ring (bicyclic) bond motifs is 2. The Balaban J connectivity index is 2.18. The van der Waals surface area contributed by atoms with Crippen LogP contribution in [0.15, 0.2) is 6.07 Å². The van der Waals surface area contributed by atoms with Crippen LogP contribution in [0, 0.1) is 6.92 Å². The lowest BCUT2D eigenvalue weighted by Crippen LogP contribution is -2.20. The predicted molar refractivity (Wildman–Crippen MR) is 69.8 cm³/mol. The molecular formula is C15H18O4. The highest BCUT2D eigenvalue weighted by atomic mass is 16.5. The second kappa shape index (κ2) is 4.23. The molecule has 19 heavy (non-hydrogen) atoms. The lowest BCUT2D eigenvalue weighted by molar-refractivity contribution is -0.135. The van der Waals surface area contributed by atoms with Crippen LogP contribution in [0.4, 0.5) is 0 Å². The Morgan fingerprint density at radius 2 is 2.05 bits per heavy atom. The van der Waals surface area contributed by atoms with Crippen molar-refractivity contribution >= 4 is 5.97 Å². The average molecular weight is 262 g/mol. The molecule has 0 spiro atoms. The Morgan fingerprint density at radius 1 is 1.32 bits per heavy atom. The number of hydrogen-bond donors (Lipinski definition) is 1. The van der Waals surface area contributed by atoms with Gasteiger partial charge >= 0.3 is 5.97 Å². The fraction of sp³-hybridized carbons (Fsp3) is 0.533. The van der Waals surface area contributed by atoms with Crippen molar-refractivity contribution in [1.29, 1.82) is 0 Å². The molecule has 0 amide bonds. The monoisotopic (exact) mass is 262 g/mol. The van der Waals surface area contributed by atoms with Gasteiger partial charge < -0.3 is 14.6 Å². The highest BCUT2D eigenvalue weighted by Crippen LogP contribution is 2.48. The van der Waals surface area contributed by atoms with Crippen molar-refractivity contribution in [2.24, 2.45) is 0 Å². The highest BCUT2D eigenvalue weighted by molar-refractivity contribution is 5.78. The van der Waals surface area contributed by atoms with Gasteiger partial charge in [0, 0.05) is 17.0 Å². The maximum absolute atomic E-state index is 11.6. The quantitative estimate of drug-likeness (QED) is 0.623. The number of aliphatic hydroxyl groups is 1. The lowest BCUT2D eigenvalue weighted by Gasteiger charge is -2.24. The molecule has 2 aliphatic rings. The third-order valence-electron chi connectivity index (χ3n) is 4.20. The molecule has 3 rings (SSSR count). The smallest absolute Gasteiger partial charge is 0.311 e. The molecule has 1 N–H and O–H groups in total. The van der Waals surface area contributed by atoms with Gasteiger partial charge in [-0.05, 0) is 31.4 Å². The van der Waals surface area contributed by atoms with Crippen molar-refractivity contribution in [3.8, 4) is 11.5 Å². The molecule has 0 aromatic heterocycles. The predicted octanol–water partition coefficient (Wildman–Crippen LogP) is 2.26. The van der Waals surface area contributed by atoms with Gasteiger partial charge in [0.25, 0.3) is 0 Å². The number of aliphatic hydroxyl groups excluding tert-OH is 1. The van der Waals surface area contributed by atoms with Crippen LogP contribution in [-0.2, 0) is 4.79 Å². The Hall–Kier alpha value is -1.55. The Morgan fingerprint density at radius 3 is 2.74 bits per heavy atom. The van der Waals surface area contributed by atoms with E-state index in [-0.39, 0.29) is 30.5 Å². The van der Waals surface area contributed by atoms with Crippen LogP contribution in [0.25, 0.3) is 0 Å². The standard InChI is InChI=1S/C15H18O4/c1-7-4-13(17)19-14-8(2)15-11(5-10(7)14)12(6-16)9(3)18-15/h5,7,9,12,16H,4,6H2,1-3H3/t7-,9+,12-/m1/s1. The van der Waals surface area contributed by atoms with Gasteiger partial charge in [0.1, 0.15) is 17.6 Å². The summed E-state index contributed by atoms with van der Waals surface area (Å²) in [6.07, 6.45) is 0.361. The van der Waals surface area contributed by atoms with Crippen molar-refractivity contribution in [3.63, 3.8) is 0 Å². The molecule has 0 bridgehead atoms. The summed E-state index contributed by atoms with van der Waals surface area (Å²) in [6.45, 7) is 5.96. The number of benzene rings is 1. The van der Waals surface area contributed by atoms with Crippen LogP contribution in [0.2, 0.25) is 0 Å². The molecule has 2 heterocycles. The molecular weight excluding hydrogens is 244 g/mol. The van der Waals surface area contributed by atoms with Crippen LogP contribution in [0.1, 0.15) is 48.8 Å². The van der Waals surface area contributed by atoms with E-state index in [9.17, 15) is 9.90 Å². The van der Waals surface area contributed by atoms with Gasteiger partial charge in [0.15, 0.2) is 0 Å². The van der Waals surface area contributed by atoms with E-state index < -0.39 is 0 Å². The minimum atomic E-state index is -0.187. The van der Waals surface area contributed by atoms with E-state index in [0.717, 1.165) is 22.4 Å².